The number of aryl methyl sites for hydroxylation is 1. The van der Waals surface area contributed by atoms with Gasteiger partial charge in [0.1, 0.15) is 5.75 Å². The molecular formula is C17H23BN2O5. The standard InChI is InChI=1S/C17H23BN2O5/c1-11-19-15(23-20-11)12-7-8-13(14(9-12)22-10-21-6)18-24-16(2,3)17(4,5)25-18/h7-9H,10H2,1-6H3. The Morgan fingerprint density at radius 1 is 1.12 bits per heavy atom. The molecule has 0 spiro atoms. The van der Waals surface area contributed by atoms with Crippen molar-refractivity contribution in [3.8, 4) is 17.2 Å². The molecule has 0 aliphatic carbocycles. The van der Waals surface area contributed by atoms with Crippen molar-refractivity contribution >= 4 is 12.6 Å². The summed E-state index contributed by atoms with van der Waals surface area (Å²) in [5.74, 6) is 1.60. The Kier molecular flexibility index (Phi) is 4.61. The first-order chi connectivity index (χ1) is 11.7. The number of nitrogens with zero attached hydrogens (tertiary/aromatic N) is 2. The van der Waals surface area contributed by atoms with E-state index in [4.69, 9.17) is 23.3 Å². The van der Waals surface area contributed by atoms with E-state index in [0.717, 1.165) is 11.0 Å². The minimum atomic E-state index is -0.532. The van der Waals surface area contributed by atoms with Crippen LogP contribution in [0.5, 0.6) is 5.75 Å². The normalized spacial score (nSPS) is 18.6. The molecule has 3 rings (SSSR count). The minimum absolute atomic E-state index is 0.110. The third-order valence-corrected chi connectivity index (χ3v) is 4.63. The second kappa shape index (κ2) is 6.44. The smallest absolute Gasteiger partial charge is 0.468 e. The van der Waals surface area contributed by atoms with Gasteiger partial charge < -0.3 is 23.3 Å². The molecule has 0 radical (unpaired) electrons. The Morgan fingerprint density at radius 2 is 1.80 bits per heavy atom. The van der Waals surface area contributed by atoms with Crippen LogP contribution in [0.2, 0.25) is 0 Å². The van der Waals surface area contributed by atoms with Crippen molar-refractivity contribution in [2.24, 2.45) is 0 Å². The van der Waals surface area contributed by atoms with Gasteiger partial charge in [0, 0.05) is 18.1 Å². The predicted molar refractivity (Wildman–Crippen MR) is 92.7 cm³/mol. The molecule has 7 nitrogen and oxygen atoms in total. The maximum Gasteiger partial charge on any atom is 0.498 e. The molecule has 0 amide bonds. The average Bonchev–Trinajstić information content (AvgIpc) is 3.06. The molecule has 1 aromatic heterocycles. The summed E-state index contributed by atoms with van der Waals surface area (Å²) in [6.07, 6.45) is 0. The van der Waals surface area contributed by atoms with E-state index in [1.54, 1.807) is 14.0 Å². The number of benzene rings is 1. The van der Waals surface area contributed by atoms with Crippen molar-refractivity contribution < 1.29 is 23.3 Å². The Hall–Kier alpha value is -1.90. The summed E-state index contributed by atoms with van der Waals surface area (Å²) in [6.45, 7) is 9.93. The van der Waals surface area contributed by atoms with E-state index in [0.29, 0.717) is 17.5 Å². The second-order valence-electron chi connectivity index (χ2n) is 7.04. The van der Waals surface area contributed by atoms with E-state index in [1.165, 1.54) is 0 Å². The number of hydrogen-bond acceptors (Lipinski definition) is 7. The van der Waals surface area contributed by atoms with Crippen molar-refractivity contribution in [2.45, 2.75) is 45.8 Å². The monoisotopic (exact) mass is 346 g/mol. The van der Waals surface area contributed by atoms with Gasteiger partial charge in [-0.05, 0) is 46.8 Å². The van der Waals surface area contributed by atoms with E-state index in [9.17, 15) is 0 Å². The van der Waals surface area contributed by atoms with Gasteiger partial charge in [-0.1, -0.05) is 11.2 Å². The molecule has 134 valence electrons. The summed E-state index contributed by atoms with van der Waals surface area (Å²) in [5, 5.41) is 3.82. The molecule has 0 atom stereocenters. The van der Waals surface area contributed by atoms with Crippen LogP contribution in [0.4, 0.5) is 0 Å². The van der Waals surface area contributed by atoms with Crippen molar-refractivity contribution in [3.63, 3.8) is 0 Å². The minimum Gasteiger partial charge on any atom is -0.468 e. The third-order valence-electron chi connectivity index (χ3n) is 4.63. The van der Waals surface area contributed by atoms with E-state index in [2.05, 4.69) is 10.1 Å². The molecule has 1 aromatic carbocycles. The van der Waals surface area contributed by atoms with Gasteiger partial charge in [-0.25, -0.2) is 0 Å². The van der Waals surface area contributed by atoms with Crippen LogP contribution in [0.15, 0.2) is 22.7 Å². The highest BCUT2D eigenvalue weighted by molar-refractivity contribution is 6.63. The molecule has 1 fully saturated rings. The van der Waals surface area contributed by atoms with Crippen molar-refractivity contribution in [2.75, 3.05) is 13.9 Å². The lowest BCUT2D eigenvalue weighted by Gasteiger charge is -2.32. The summed E-state index contributed by atoms with van der Waals surface area (Å²) in [7, 11) is 1.04. The first-order valence-electron chi connectivity index (χ1n) is 8.15. The Bertz CT molecular complexity index is 743. The lowest BCUT2D eigenvalue weighted by Crippen LogP contribution is -2.41. The van der Waals surface area contributed by atoms with Crippen LogP contribution in [-0.4, -0.2) is 42.4 Å². The predicted octanol–water partition coefficient (Wildman–Crippen LogP) is 2.33. The fourth-order valence-corrected chi connectivity index (χ4v) is 2.49. The number of aromatic nitrogens is 2. The quantitative estimate of drug-likeness (QED) is 0.607. The highest BCUT2D eigenvalue weighted by atomic mass is 16.7. The van der Waals surface area contributed by atoms with Gasteiger partial charge in [-0.3, -0.25) is 0 Å². The summed E-state index contributed by atoms with van der Waals surface area (Å²) in [4.78, 5) is 4.25. The molecule has 1 aliphatic rings. The summed E-state index contributed by atoms with van der Waals surface area (Å²) in [6, 6.07) is 5.60. The van der Waals surface area contributed by atoms with Crippen molar-refractivity contribution in [1.29, 1.82) is 0 Å². The molecule has 0 unspecified atom stereocenters. The molecule has 0 bridgehead atoms. The lowest BCUT2D eigenvalue weighted by molar-refractivity contribution is 0.00578. The van der Waals surface area contributed by atoms with E-state index < -0.39 is 18.3 Å². The van der Waals surface area contributed by atoms with Crippen LogP contribution < -0.4 is 10.2 Å². The van der Waals surface area contributed by atoms with Crippen LogP contribution >= 0.6 is 0 Å². The molecule has 8 heteroatoms. The summed E-state index contributed by atoms with van der Waals surface area (Å²) in [5.41, 5.74) is 0.680. The topological polar surface area (TPSA) is 75.8 Å². The summed E-state index contributed by atoms with van der Waals surface area (Å²) >= 11 is 0. The van der Waals surface area contributed by atoms with E-state index >= 15 is 0 Å². The first kappa shape index (κ1) is 17.9. The highest BCUT2D eigenvalue weighted by Crippen LogP contribution is 2.37. The average molecular weight is 346 g/mol. The molecule has 0 N–H and O–H groups in total. The van der Waals surface area contributed by atoms with Crippen LogP contribution in [-0.2, 0) is 14.0 Å². The van der Waals surface area contributed by atoms with Crippen LogP contribution in [0.1, 0.15) is 33.5 Å². The zero-order valence-electron chi connectivity index (χ0n) is 15.5. The molecule has 1 aliphatic heterocycles. The van der Waals surface area contributed by atoms with Gasteiger partial charge in [0.05, 0.1) is 11.2 Å². The number of hydrogen-bond donors (Lipinski definition) is 0. The number of methoxy groups -OCH3 is 1. The molecule has 0 saturated carbocycles. The maximum atomic E-state index is 6.13. The van der Waals surface area contributed by atoms with Gasteiger partial charge >= 0.3 is 7.12 Å². The van der Waals surface area contributed by atoms with Gasteiger partial charge in [0.2, 0.25) is 0 Å². The van der Waals surface area contributed by atoms with E-state index in [-0.39, 0.29) is 6.79 Å². The van der Waals surface area contributed by atoms with Gasteiger partial charge in [0.15, 0.2) is 12.6 Å². The highest BCUT2D eigenvalue weighted by Gasteiger charge is 2.52. The fraction of sp³-hybridized carbons (Fsp3) is 0.529. The maximum absolute atomic E-state index is 6.13. The van der Waals surface area contributed by atoms with Crippen LogP contribution in [0.25, 0.3) is 11.5 Å². The third kappa shape index (κ3) is 3.42. The van der Waals surface area contributed by atoms with E-state index in [1.807, 2.05) is 45.9 Å². The molecule has 1 saturated heterocycles. The molecule has 2 aromatic rings. The fourth-order valence-electron chi connectivity index (χ4n) is 2.49. The first-order valence-corrected chi connectivity index (χ1v) is 8.15. The zero-order valence-corrected chi connectivity index (χ0v) is 15.5. The Balaban J connectivity index is 1.96. The van der Waals surface area contributed by atoms with Crippen LogP contribution in [0.3, 0.4) is 0 Å². The largest absolute Gasteiger partial charge is 0.498 e. The number of rotatable bonds is 5. The summed E-state index contributed by atoms with van der Waals surface area (Å²) < 4.78 is 28.3. The van der Waals surface area contributed by atoms with Crippen molar-refractivity contribution in [1.82, 2.24) is 10.1 Å². The second-order valence-corrected chi connectivity index (χ2v) is 7.04. The lowest BCUT2D eigenvalue weighted by atomic mass is 9.78. The Labute approximate surface area is 147 Å². The Morgan fingerprint density at radius 3 is 2.36 bits per heavy atom. The molecule has 2 heterocycles. The SMILES string of the molecule is COCOc1cc(-c2nc(C)no2)ccc1B1OC(C)(C)C(C)(C)O1. The van der Waals surface area contributed by atoms with Gasteiger partial charge in [-0.2, -0.15) is 4.98 Å². The van der Waals surface area contributed by atoms with Crippen LogP contribution in [0, 0.1) is 6.92 Å². The van der Waals surface area contributed by atoms with Gasteiger partial charge in [0.25, 0.3) is 5.89 Å². The van der Waals surface area contributed by atoms with Gasteiger partial charge in [-0.15, -0.1) is 0 Å². The molecular weight excluding hydrogens is 323 g/mol. The van der Waals surface area contributed by atoms with Crippen molar-refractivity contribution in [3.05, 3.63) is 24.0 Å². The zero-order chi connectivity index (χ0) is 18.2. The number of ether oxygens (including phenoxy) is 2. The molecule has 25 heavy (non-hydrogen) atoms.